The zero-order valence-electron chi connectivity index (χ0n) is 10.6. The number of thioether (sulfide) groups is 1. The van der Waals surface area contributed by atoms with Crippen molar-refractivity contribution in [2.24, 2.45) is 11.8 Å². The van der Waals surface area contributed by atoms with Gasteiger partial charge in [0.25, 0.3) is 0 Å². The predicted molar refractivity (Wildman–Crippen MR) is 70.8 cm³/mol. The highest BCUT2D eigenvalue weighted by Crippen LogP contribution is 2.44. The zero-order valence-corrected chi connectivity index (χ0v) is 11.4. The van der Waals surface area contributed by atoms with Crippen molar-refractivity contribution >= 4 is 17.5 Å². The van der Waals surface area contributed by atoms with Crippen LogP contribution in [0.1, 0.15) is 58.8 Å². The molecule has 2 atom stereocenters. The van der Waals surface area contributed by atoms with E-state index in [1.54, 1.807) is 0 Å². The zero-order chi connectivity index (χ0) is 11.5. The average Bonchev–Trinajstić information content (AvgIpc) is 2.30. The lowest BCUT2D eigenvalue weighted by molar-refractivity contribution is -0.127. The average molecular weight is 240 g/mol. The lowest BCUT2D eigenvalue weighted by Gasteiger charge is -2.38. The Balaban J connectivity index is 1.96. The number of carbonyl (C=O) groups is 1. The van der Waals surface area contributed by atoms with E-state index in [1.165, 1.54) is 32.1 Å². The van der Waals surface area contributed by atoms with Gasteiger partial charge < -0.3 is 0 Å². The minimum Gasteiger partial charge on any atom is -0.299 e. The van der Waals surface area contributed by atoms with Crippen LogP contribution in [0.4, 0.5) is 0 Å². The first-order chi connectivity index (χ1) is 7.74. The molecule has 16 heavy (non-hydrogen) atoms. The van der Waals surface area contributed by atoms with Gasteiger partial charge in [-0.15, -0.1) is 0 Å². The number of hydrogen-bond donors (Lipinski definition) is 0. The van der Waals surface area contributed by atoms with E-state index in [-0.39, 0.29) is 0 Å². The van der Waals surface area contributed by atoms with Crippen LogP contribution in [0.25, 0.3) is 0 Å². The highest BCUT2D eigenvalue weighted by atomic mass is 32.2. The van der Waals surface area contributed by atoms with Gasteiger partial charge in [-0.3, -0.25) is 4.79 Å². The second-order valence-corrected chi connectivity index (χ2v) is 7.00. The number of hydrogen-bond acceptors (Lipinski definition) is 2. The topological polar surface area (TPSA) is 17.1 Å². The van der Waals surface area contributed by atoms with E-state index in [4.69, 9.17) is 0 Å². The van der Waals surface area contributed by atoms with Crippen LogP contribution in [0, 0.1) is 11.8 Å². The Hall–Kier alpha value is 0.0200. The molecule has 2 saturated heterocycles. The van der Waals surface area contributed by atoms with Gasteiger partial charge in [0.05, 0.1) is 0 Å². The summed E-state index contributed by atoms with van der Waals surface area (Å²) in [5.41, 5.74) is 0. The van der Waals surface area contributed by atoms with Crippen LogP contribution < -0.4 is 0 Å². The summed E-state index contributed by atoms with van der Waals surface area (Å²) in [6, 6.07) is 0. The van der Waals surface area contributed by atoms with Crippen molar-refractivity contribution in [1.29, 1.82) is 0 Å². The first-order valence-corrected chi connectivity index (χ1v) is 7.88. The summed E-state index contributed by atoms with van der Waals surface area (Å²) < 4.78 is 0. The molecule has 2 heterocycles. The minimum atomic E-state index is 0.342. The van der Waals surface area contributed by atoms with Gasteiger partial charge in [0, 0.05) is 22.3 Å². The Morgan fingerprint density at radius 3 is 2.25 bits per heavy atom. The normalized spacial score (nSPS) is 34.1. The van der Waals surface area contributed by atoms with Crippen molar-refractivity contribution in [1.82, 2.24) is 0 Å². The third-order valence-electron chi connectivity index (χ3n) is 4.32. The number of ketones is 1. The lowest BCUT2D eigenvalue weighted by atomic mass is 9.81. The van der Waals surface area contributed by atoms with Crippen LogP contribution in [0.15, 0.2) is 0 Å². The quantitative estimate of drug-likeness (QED) is 0.737. The molecule has 0 aromatic rings. The maximum Gasteiger partial charge on any atom is 0.139 e. The molecule has 0 N–H and O–H groups in total. The van der Waals surface area contributed by atoms with E-state index in [2.05, 4.69) is 25.6 Å². The predicted octanol–water partition coefficient (Wildman–Crippen LogP) is 4.06. The standard InChI is InChI=1S/C14H24OS/c1-3-10(4-2)14(15)11-8-12-6-5-7-13(9-11)16-12/h10-13H,3-9H2,1-2H3. The van der Waals surface area contributed by atoms with Gasteiger partial charge in [-0.25, -0.2) is 0 Å². The van der Waals surface area contributed by atoms with Gasteiger partial charge in [-0.05, 0) is 38.5 Å². The van der Waals surface area contributed by atoms with Gasteiger partial charge in [-0.2, -0.15) is 11.8 Å². The Labute approximate surface area is 104 Å². The minimum absolute atomic E-state index is 0.342. The molecule has 2 aliphatic heterocycles. The molecule has 2 bridgehead atoms. The Morgan fingerprint density at radius 2 is 1.75 bits per heavy atom. The summed E-state index contributed by atoms with van der Waals surface area (Å²) in [6.07, 6.45) is 8.53. The van der Waals surface area contributed by atoms with Crippen LogP contribution in [0.5, 0.6) is 0 Å². The van der Waals surface area contributed by atoms with Crippen molar-refractivity contribution in [3.63, 3.8) is 0 Å². The van der Waals surface area contributed by atoms with Crippen LogP contribution in [-0.2, 0) is 4.79 Å². The van der Waals surface area contributed by atoms with Gasteiger partial charge in [0.2, 0.25) is 0 Å². The first kappa shape index (κ1) is 12.5. The number of Topliss-reactive ketones (excluding diaryl/α,β-unsaturated/α-hetero) is 1. The fraction of sp³-hybridized carbons (Fsp3) is 0.929. The Bertz CT molecular complexity index is 235. The van der Waals surface area contributed by atoms with E-state index in [1.807, 2.05) is 0 Å². The third kappa shape index (κ3) is 2.64. The van der Waals surface area contributed by atoms with E-state index in [0.717, 1.165) is 23.3 Å². The maximum atomic E-state index is 12.4. The van der Waals surface area contributed by atoms with Crippen molar-refractivity contribution in [3.8, 4) is 0 Å². The molecule has 0 aromatic heterocycles. The molecule has 0 amide bonds. The maximum absolute atomic E-state index is 12.4. The van der Waals surface area contributed by atoms with Gasteiger partial charge >= 0.3 is 0 Å². The number of rotatable bonds is 4. The smallest absolute Gasteiger partial charge is 0.139 e. The third-order valence-corrected chi connectivity index (χ3v) is 5.95. The SMILES string of the molecule is CCC(CC)C(=O)C1CC2CCCC(C1)S2. The Morgan fingerprint density at radius 1 is 1.19 bits per heavy atom. The molecule has 2 unspecified atom stereocenters. The molecule has 2 aliphatic rings. The summed E-state index contributed by atoms with van der Waals surface area (Å²) in [5.74, 6) is 1.33. The van der Waals surface area contributed by atoms with E-state index in [0.29, 0.717) is 17.6 Å². The van der Waals surface area contributed by atoms with Crippen molar-refractivity contribution in [2.75, 3.05) is 0 Å². The molecule has 2 rings (SSSR count). The lowest BCUT2D eigenvalue weighted by Crippen LogP contribution is -2.35. The molecule has 0 saturated carbocycles. The van der Waals surface area contributed by atoms with E-state index >= 15 is 0 Å². The van der Waals surface area contributed by atoms with Crippen LogP contribution >= 0.6 is 11.8 Å². The monoisotopic (exact) mass is 240 g/mol. The molecule has 1 nitrogen and oxygen atoms in total. The largest absolute Gasteiger partial charge is 0.299 e. The first-order valence-electron chi connectivity index (χ1n) is 6.93. The summed E-state index contributed by atoms with van der Waals surface area (Å²) in [7, 11) is 0. The number of fused-ring (bicyclic) bond motifs is 2. The van der Waals surface area contributed by atoms with Crippen LogP contribution in [0.3, 0.4) is 0 Å². The Kier molecular flexibility index (Phi) is 4.34. The highest BCUT2D eigenvalue weighted by molar-refractivity contribution is 8.00. The molecule has 92 valence electrons. The van der Waals surface area contributed by atoms with Gasteiger partial charge in [0.15, 0.2) is 0 Å². The molecule has 0 radical (unpaired) electrons. The fourth-order valence-electron chi connectivity index (χ4n) is 3.32. The van der Waals surface area contributed by atoms with Crippen LogP contribution in [0.2, 0.25) is 0 Å². The molecular formula is C14H24OS. The molecule has 0 aromatic carbocycles. The molecule has 0 aliphatic carbocycles. The van der Waals surface area contributed by atoms with Gasteiger partial charge in [-0.1, -0.05) is 20.3 Å². The molecule has 2 heteroatoms. The second-order valence-electron chi connectivity index (χ2n) is 5.40. The molecule has 0 spiro atoms. The van der Waals surface area contributed by atoms with Crippen LogP contribution in [-0.4, -0.2) is 16.3 Å². The number of carbonyl (C=O) groups excluding carboxylic acids is 1. The highest BCUT2D eigenvalue weighted by Gasteiger charge is 2.36. The van der Waals surface area contributed by atoms with E-state index < -0.39 is 0 Å². The summed E-state index contributed by atoms with van der Waals surface area (Å²) in [4.78, 5) is 12.4. The molecule has 2 fully saturated rings. The second kappa shape index (κ2) is 5.57. The summed E-state index contributed by atoms with van der Waals surface area (Å²) >= 11 is 2.17. The summed E-state index contributed by atoms with van der Waals surface area (Å²) in [5, 5.41) is 1.60. The van der Waals surface area contributed by atoms with Crippen molar-refractivity contribution in [2.45, 2.75) is 69.3 Å². The molecular weight excluding hydrogens is 216 g/mol. The van der Waals surface area contributed by atoms with Crippen molar-refractivity contribution < 1.29 is 4.79 Å². The van der Waals surface area contributed by atoms with E-state index in [9.17, 15) is 4.79 Å². The summed E-state index contributed by atoms with van der Waals surface area (Å²) in [6.45, 7) is 4.31. The van der Waals surface area contributed by atoms with Crippen molar-refractivity contribution in [3.05, 3.63) is 0 Å². The fourth-order valence-corrected chi connectivity index (χ4v) is 5.15. The van der Waals surface area contributed by atoms with Gasteiger partial charge in [0.1, 0.15) is 5.78 Å².